The molecule has 96 valence electrons. The van der Waals surface area contributed by atoms with Crippen molar-refractivity contribution in [3.05, 3.63) is 0 Å². The van der Waals surface area contributed by atoms with Crippen molar-refractivity contribution in [3.8, 4) is 0 Å². The first-order valence-corrected chi connectivity index (χ1v) is 7.09. The van der Waals surface area contributed by atoms with E-state index in [1.54, 1.807) is 0 Å². The Morgan fingerprint density at radius 3 is 1.69 bits per heavy atom. The molecule has 0 aromatic rings. The van der Waals surface area contributed by atoms with Crippen LogP contribution in [0.3, 0.4) is 0 Å². The van der Waals surface area contributed by atoms with Gasteiger partial charge in [-0.05, 0) is 6.42 Å². The average molecular weight is 226 g/mol. The maximum absolute atomic E-state index is 10.7. The Labute approximate surface area is 102 Å². The van der Waals surface area contributed by atoms with Crippen molar-refractivity contribution < 1.29 is 4.79 Å². The predicted molar refractivity (Wildman–Crippen MR) is 71.7 cm³/mol. The highest BCUT2D eigenvalue weighted by Gasteiger charge is 2.14. The summed E-state index contributed by atoms with van der Waals surface area (Å²) in [5, 5.41) is 0. The number of hydrogen-bond acceptors (Lipinski definition) is 1. The van der Waals surface area contributed by atoms with E-state index in [4.69, 9.17) is 0 Å². The molecule has 0 spiro atoms. The molecule has 0 aliphatic carbocycles. The fraction of sp³-hybridized carbons (Fsp3) is 0.933. The first-order chi connectivity index (χ1) is 7.62. The van der Waals surface area contributed by atoms with Gasteiger partial charge in [-0.1, -0.05) is 78.6 Å². The van der Waals surface area contributed by atoms with Gasteiger partial charge in [0.2, 0.25) is 0 Å². The van der Waals surface area contributed by atoms with E-state index in [1.165, 1.54) is 57.8 Å². The van der Waals surface area contributed by atoms with Crippen molar-refractivity contribution in [2.75, 3.05) is 0 Å². The molecule has 0 atom stereocenters. The quantitative estimate of drug-likeness (QED) is 0.352. The van der Waals surface area contributed by atoms with Gasteiger partial charge in [0, 0.05) is 5.41 Å². The molecule has 16 heavy (non-hydrogen) atoms. The van der Waals surface area contributed by atoms with E-state index in [-0.39, 0.29) is 5.41 Å². The van der Waals surface area contributed by atoms with Gasteiger partial charge in [-0.25, -0.2) is 0 Å². The molecule has 0 aliphatic heterocycles. The van der Waals surface area contributed by atoms with Crippen LogP contribution in [0, 0.1) is 5.41 Å². The minimum Gasteiger partial charge on any atom is -0.303 e. The Kier molecular flexibility index (Phi) is 9.66. The highest BCUT2D eigenvalue weighted by molar-refractivity contribution is 5.57. The third-order valence-electron chi connectivity index (χ3n) is 3.24. The second kappa shape index (κ2) is 9.86. The molecule has 0 unspecified atom stereocenters. The molecule has 0 radical (unpaired) electrons. The topological polar surface area (TPSA) is 17.1 Å². The Morgan fingerprint density at radius 1 is 0.812 bits per heavy atom. The number of unbranched alkanes of at least 4 members (excludes halogenated alkanes) is 8. The summed E-state index contributed by atoms with van der Waals surface area (Å²) in [6.07, 6.45) is 14.3. The van der Waals surface area contributed by atoms with Crippen LogP contribution in [-0.4, -0.2) is 6.29 Å². The molecule has 0 N–H and O–H groups in total. The number of carbonyl (C=O) groups excluding carboxylic acids is 1. The van der Waals surface area contributed by atoms with Crippen LogP contribution >= 0.6 is 0 Å². The van der Waals surface area contributed by atoms with Crippen LogP contribution in [0.4, 0.5) is 0 Å². The molecule has 0 saturated heterocycles. The summed E-state index contributed by atoms with van der Waals surface area (Å²) in [6.45, 7) is 6.32. The second-order valence-corrected chi connectivity index (χ2v) is 5.68. The Morgan fingerprint density at radius 2 is 1.25 bits per heavy atom. The van der Waals surface area contributed by atoms with Crippen molar-refractivity contribution in [1.82, 2.24) is 0 Å². The lowest BCUT2D eigenvalue weighted by Gasteiger charge is -2.15. The molecule has 0 saturated carbocycles. The van der Waals surface area contributed by atoms with Crippen molar-refractivity contribution in [1.29, 1.82) is 0 Å². The lowest BCUT2D eigenvalue weighted by molar-refractivity contribution is -0.115. The molecule has 0 fully saturated rings. The summed E-state index contributed by atoms with van der Waals surface area (Å²) in [5.41, 5.74) is -0.0961. The standard InChI is InChI=1S/C15H30O/c1-4-5-6-7-8-9-10-11-12-13-15(2,3)14-16/h14H,4-13H2,1-3H3. The minimum atomic E-state index is -0.0961. The highest BCUT2D eigenvalue weighted by Crippen LogP contribution is 2.21. The molecule has 0 rings (SSSR count). The van der Waals surface area contributed by atoms with Crippen LogP contribution in [0.5, 0.6) is 0 Å². The summed E-state index contributed by atoms with van der Waals surface area (Å²) in [5.74, 6) is 0. The van der Waals surface area contributed by atoms with Gasteiger partial charge >= 0.3 is 0 Å². The van der Waals surface area contributed by atoms with Gasteiger partial charge in [-0.15, -0.1) is 0 Å². The lowest BCUT2D eigenvalue weighted by atomic mass is 9.88. The number of hydrogen-bond donors (Lipinski definition) is 0. The Balaban J connectivity index is 3.13. The van der Waals surface area contributed by atoms with E-state index in [2.05, 4.69) is 6.92 Å². The molecular formula is C15H30O. The van der Waals surface area contributed by atoms with E-state index < -0.39 is 0 Å². The van der Waals surface area contributed by atoms with E-state index in [1.807, 2.05) is 13.8 Å². The van der Waals surface area contributed by atoms with Crippen molar-refractivity contribution in [3.63, 3.8) is 0 Å². The Hall–Kier alpha value is -0.330. The summed E-state index contributed by atoms with van der Waals surface area (Å²) in [7, 11) is 0. The van der Waals surface area contributed by atoms with Gasteiger partial charge in [0.05, 0.1) is 0 Å². The molecule has 0 heterocycles. The van der Waals surface area contributed by atoms with Crippen LogP contribution in [0.2, 0.25) is 0 Å². The fourth-order valence-corrected chi connectivity index (χ4v) is 1.95. The molecule has 0 aliphatic rings. The molecular weight excluding hydrogens is 196 g/mol. The predicted octanol–water partition coefficient (Wildman–Crippen LogP) is 5.13. The zero-order valence-corrected chi connectivity index (χ0v) is 11.6. The summed E-state index contributed by atoms with van der Waals surface area (Å²) >= 11 is 0. The molecule has 1 nitrogen and oxygen atoms in total. The monoisotopic (exact) mass is 226 g/mol. The molecule has 0 bridgehead atoms. The smallest absolute Gasteiger partial charge is 0.125 e. The molecule has 0 amide bonds. The van der Waals surface area contributed by atoms with Gasteiger partial charge in [0.15, 0.2) is 0 Å². The second-order valence-electron chi connectivity index (χ2n) is 5.68. The van der Waals surface area contributed by atoms with Crippen molar-refractivity contribution >= 4 is 6.29 Å². The Bertz CT molecular complexity index is 161. The van der Waals surface area contributed by atoms with Gasteiger partial charge in [0.25, 0.3) is 0 Å². The maximum atomic E-state index is 10.7. The average Bonchev–Trinajstić information content (AvgIpc) is 2.27. The highest BCUT2D eigenvalue weighted by atomic mass is 16.1. The largest absolute Gasteiger partial charge is 0.303 e. The number of carbonyl (C=O) groups is 1. The molecule has 0 aromatic carbocycles. The number of rotatable bonds is 11. The van der Waals surface area contributed by atoms with Crippen molar-refractivity contribution in [2.45, 2.75) is 85.0 Å². The molecule has 1 heteroatoms. The van der Waals surface area contributed by atoms with Crippen molar-refractivity contribution in [2.24, 2.45) is 5.41 Å². The first-order valence-electron chi connectivity index (χ1n) is 7.09. The SMILES string of the molecule is CCCCCCCCCCCC(C)(C)C=O. The van der Waals surface area contributed by atoms with Gasteiger partial charge in [-0.2, -0.15) is 0 Å². The van der Waals surface area contributed by atoms with Crippen LogP contribution in [0.1, 0.15) is 85.0 Å². The molecule has 0 aromatic heterocycles. The van der Waals surface area contributed by atoms with Gasteiger partial charge in [-0.3, -0.25) is 0 Å². The third kappa shape index (κ3) is 10.2. The van der Waals surface area contributed by atoms with E-state index in [0.717, 1.165) is 12.7 Å². The summed E-state index contributed by atoms with van der Waals surface area (Å²) < 4.78 is 0. The number of aldehydes is 1. The zero-order chi connectivity index (χ0) is 12.3. The zero-order valence-electron chi connectivity index (χ0n) is 11.6. The van der Waals surface area contributed by atoms with Crippen LogP contribution < -0.4 is 0 Å². The van der Waals surface area contributed by atoms with Gasteiger partial charge in [0.1, 0.15) is 6.29 Å². The minimum absolute atomic E-state index is 0.0961. The van der Waals surface area contributed by atoms with Crippen LogP contribution in [-0.2, 0) is 4.79 Å². The van der Waals surface area contributed by atoms with Gasteiger partial charge < -0.3 is 4.79 Å². The van der Waals surface area contributed by atoms with E-state index >= 15 is 0 Å². The summed E-state index contributed by atoms with van der Waals surface area (Å²) in [6, 6.07) is 0. The summed E-state index contributed by atoms with van der Waals surface area (Å²) in [4.78, 5) is 10.7. The van der Waals surface area contributed by atoms with E-state index in [9.17, 15) is 4.79 Å². The normalized spacial score (nSPS) is 11.7. The lowest BCUT2D eigenvalue weighted by Crippen LogP contribution is -2.12. The van der Waals surface area contributed by atoms with E-state index in [0.29, 0.717) is 0 Å². The maximum Gasteiger partial charge on any atom is 0.125 e. The third-order valence-corrected chi connectivity index (χ3v) is 3.24. The fourth-order valence-electron chi connectivity index (χ4n) is 1.95. The first kappa shape index (κ1) is 15.7. The van der Waals surface area contributed by atoms with Crippen LogP contribution in [0.25, 0.3) is 0 Å². The van der Waals surface area contributed by atoms with Crippen LogP contribution in [0.15, 0.2) is 0 Å².